The van der Waals surface area contributed by atoms with Crippen LogP contribution in [0.2, 0.25) is 0 Å². The normalized spacial score (nSPS) is 13.0. The van der Waals surface area contributed by atoms with Gasteiger partial charge in [-0.2, -0.15) is 0 Å². The summed E-state index contributed by atoms with van der Waals surface area (Å²) >= 11 is 5.26. The van der Waals surface area contributed by atoms with E-state index in [1.54, 1.807) is 0 Å². The zero-order chi connectivity index (χ0) is 11.3. The van der Waals surface area contributed by atoms with Gasteiger partial charge in [-0.1, -0.05) is 33.1 Å². The van der Waals surface area contributed by atoms with Crippen LogP contribution in [0.15, 0.2) is 6.20 Å². The molecule has 3 heteroatoms. The highest BCUT2D eigenvalue weighted by Gasteiger charge is 2.07. The minimum Gasteiger partial charge on any atom is -0.335 e. The van der Waals surface area contributed by atoms with E-state index in [0.29, 0.717) is 0 Å². The molecule has 0 aliphatic carbocycles. The first-order valence-electron chi connectivity index (χ1n) is 5.93. The van der Waals surface area contributed by atoms with Crippen LogP contribution < -0.4 is 0 Å². The van der Waals surface area contributed by atoms with Crippen molar-refractivity contribution in [1.29, 1.82) is 0 Å². The molecule has 0 amide bonds. The minimum absolute atomic E-state index is 0.770. The van der Waals surface area contributed by atoms with Crippen molar-refractivity contribution in [3.8, 4) is 0 Å². The van der Waals surface area contributed by atoms with E-state index < -0.39 is 0 Å². The van der Waals surface area contributed by atoms with E-state index >= 15 is 0 Å². The van der Waals surface area contributed by atoms with Gasteiger partial charge in [0, 0.05) is 18.4 Å². The van der Waals surface area contributed by atoms with Crippen LogP contribution in [0, 0.1) is 17.6 Å². The first-order valence-corrected chi connectivity index (χ1v) is 6.34. The molecule has 1 heterocycles. The molecule has 1 N–H and O–H groups in total. The zero-order valence-electron chi connectivity index (χ0n) is 10.0. The Bertz CT molecular complexity index is 338. The van der Waals surface area contributed by atoms with Gasteiger partial charge in [0.1, 0.15) is 0 Å². The molecule has 0 aliphatic rings. The van der Waals surface area contributed by atoms with Crippen molar-refractivity contribution >= 4 is 12.2 Å². The van der Waals surface area contributed by atoms with Crippen molar-refractivity contribution in [2.75, 3.05) is 0 Å². The fourth-order valence-electron chi connectivity index (χ4n) is 1.90. The van der Waals surface area contributed by atoms with Gasteiger partial charge < -0.3 is 9.55 Å². The van der Waals surface area contributed by atoms with Crippen molar-refractivity contribution in [1.82, 2.24) is 9.55 Å². The molecule has 1 atom stereocenters. The molecule has 0 radical (unpaired) electrons. The number of aromatic amines is 1. The zero-order valence-corrected chi connectivity index (χ0v) is 10.9. The fourth-order valence-corrected chi connectivity index (χ4v) is 2.18. The first-order chi connectivity index (χ1) is 7.17. The minimum atomic E-state index is 0.770. The lowest BCUT2D eigenvalue weighted by Crippen LogP contribution is -2.09. The molecule has 0 fully saturated rings. The van der Waals surface area contributed by atoms with E-state index in [-0.39, 0.29) is 0 Å². The smallest absolute Gasteiger partial charge is 0.177 e. The number of aromatic nitrogens is 2. The van der Waals surface area contributed by atoms with Crippen LogP contribution in [-0.4, -0.2) is 9.55 Å². The highest BCUT2D eigenvalue weighted by Crippen LogP contribution is 2.15. The monoisotopic (exact) mass is 226 g/mol. The number of unbranched alkanes of at least 4 members (excludes halogenated alkanes) is 1. The summed E-state index contributed by atoms with van der Waals surface area (Å²) in [6, 6.07) is 0. The van der Waals surface area contributed by atoms with Gasteiger partial charge in [-0.3, -0.25) is 0 Å². The summed E-state index contributed by atoms with van der Waals surface area (Å²) in [6.45, 7) is 7.64. The van der Waals surface area contributed by atoms with Crippen LogP contribution in [0.25, 0.3) is 0 Å². The lowest BCUT2D eigenvalue weighted by Gasteiger charge is -2.14. The van der Waals surface area contributed by atoms with Crippen molar-refractivity contribution < 1.29 is 0 Å². The third-order valence-corrected chi connectivity index (χ3v) is 3.25. The third-order valence-electron chi connectivity index (χ3n) is 2.91. The largest absolute Gasteiger partial charge is 0.335 e. The molecule has 0 aromatic carbocycles. The fraction of sp³-hybridized carbons (Fsp3) is 0.750. The molecule has 1 aromatic heterocycles. The number of rotatable bonds is 6. The molecule has 1 aromatic rings. The van der Waals surface area contributed by atoms with E-state index in [1.165, 1.54) is 25.7 Å². The van der Waals surface area contributed by atoms with Crippen LogP contribution in [-0.2, 0) is 6.54 Å². The van der Waals surface area contributed by atoms with Gasteiger partial charge in [0.2, 0.25) is 0 Å². The van der Waals surface area contributed by atoms with Crippen LogP contribution in [0.5, 0.6) is 0 Å². The van der Waals surface area contributed by atoms with Gasteiger partial charge in [0.15, 0.2) is 4.77 Å². The Balaban J connectivity index is 2.58. The number of nitrogens with one attached hydrogen (secondary N) is 1. The molecule has 1 unspecified atom stereocenters. The molecular formula is C12H22N2S. The third kappa shape index (κ3) is 3.82. The predicted molar refractivity (Wildman–Crippen MR) is 67.7 cm³/mol. The summed E-state index contributed by atoms with van der Waals surface area (Å²) in [5.74, 6) is 0.770. The second kappa shape index (κ2) is 6.11. The van der Waals surface area contributed by atoms with E-state index in [2.05, 4.69) is 36.5 Å². The van der Waals surface area contributed by atoms with Gasteiger partial charge in [-0.05, 0) is 31.5 Å². The number of nitrogens with zero attached hydrogens (tertiary/aromatic N) is 1. The molecule has 1 rings (SSSR count). The summed E-state index contributed by atoms with van der Waals surface area (Å²) in [4.78, 5) is 3.17. The van der Waals surface area contributed by atoms with Crippen molar-refractivity contribution in [3.63, 3.8) is 0 Å². The van der Waals surface area contributed by atoms with Crippen LogP contribution >= 0.6 is 12.2 Å². The molecule has 0 spiro atoms. The van der Waals surface area contributed by atoms with Crippen LogP contribution in [0.1, 0.15) is 45.2 Å². The molecule has 0 aliphatic heterocycles. The van der Waals surface area contributed by atoms with E-state index in [0.717, 1.165) is 22.9 Å². The first kappa shape index (κ1) is 12.5. The lowest BCUT2D eigenvalue weighted by molar-refractivity contribution is 0.389. The Morgan fingerprint density at radius 1 is 1.47 bits per heavy atom. The topological polar surface area (TPSA) is 20.7 Å². The van der Waals surface area contributed by atoms with Gasteiger partial charge >= 0.3 is 0 Å². The highest BCUT2D eigenvalue weighted by molar-refractivity contribution is 7.71. The second-order valence-corrected chi connectivity index (χ2v) is 4.70. The molecule has 15 heavy (non-hydrogen) atoms. The average Bonchev–Trinajstić information content (AvgIpc) is 2.52. The van der Waals surface area contributed by atoms with Crippen LogP contribution in [0.3, 0.4) is 0 Å². The number of hydrogen-bond acceptors (Lipinski definition) is 1. The maximum absolute atomic E-state index is 5.26. The Hall–Kier alpha value is -0.570. The SMILES string of the molecule is CCCCC(CC)Cn1cc(C)[nH]c1=S. The summed E-state index contributed by atoms with van der Waals surface area (Å²) in [5, 5.41) is 0. The van der Waals surface area contributed by atoms with E-state index in [1.807, 2.05) is 0 Å². The summed E-state index contributed by atoms with van der Waals surface area (Å²) < 4.78 is 3.04. The Kier molecular flexibility index (Phi) is 5.09. The molecule has 86 valence electrons. The molecule has 0 bridgehead atoms. The van der Waals surface area contributed by atoms with Gasteiger partial charge in [-0.15, -0.1) is 0 Å². The maximum atomic E-state index is 5.26. The number of imidazole rings is 1. The highest BCUT2D eigenvalue weighted by atomic mass is 32.1. The number of H-pyrrole nitrogens is 1. The van der Waals surface area contributed by atoms with Crippen molar-refractivity contribution in [2.24, 2.45) is 5.92 Å². The standard InChI is InChI=1S/C12H22N2S/c1-4-6-7-11(5-2)9-14-8-10(3)13-12(14)15/h8,11H,4-7,9H2,1-3H3,(H,13,15). The Morgan fingerprint density at radius 3 is 2.67 bits per heavy atom. The quantitative estimate of drug-likeness (QED) is 0.725. The average molecular weight is 226 g/mol. The Morgan fingerprint density at radius 2 is 2.20 bits per heavy atom. The molecule has 0 saturated heterocycles. The summed E-state index contributed by atoms with van der Waals surface area (Å²) in [6.07, 6.45) is 7.30. The van der Waals surface area contributed by atoms with Gasteiger partial charge in [0.05, 0.1) is 0 Å². The van der Waals surface area contributed by atoms with Gasteiger partial charge in [-0.25, -0.2) is 0 Å². The number of hydrogen-bond donors (Lipinski definition) is 1. The van der Waals surface area contributed by atoms with Crippen LogP contribution in [0.4, 0.5) is 0 Å². The van der Waals surface area contributed by atoms with E-state index in [4.69, 9.17) is 12.2 Å². The van der Waals surface area contributed by atoms with Gasteiger partial charge in [0.25, 0.3) is 0 Å². The molecule has 0 saturated carbocycles. The van der Waals surface area contributed by atoms with Crippen molar-refractivity contribution in [3.05, 3.63) is 16.7 Å². The van der Waals surface area contributed by atoms with E-state index in [9.17, 15) is 0 Å². The maximum Gasteiger partial charge on any atom is 0.177 e. The second-order valence-electron chi connectivity index (χ2n) is 4.31. The Labute approximate surface area is 97.7 Å². The molecular weight excluding hydrogens is 204 g/mol. The predicted octanol–water partition coefficient (Wildman–Crippen LogP) is 4.07. The summed E-state index contributed by atoms with van der Waals surface area (Å²) in [5.41, 5.74) is 1.16. The van der Waals surface area contributed by atoms with Crippen molar-refractivity contribution in [2.45, 2.75) is 53.0 Å². The summed E-state index contributed by atoms with van der Waals surface area (Å²) in [7, 11) is 0. The lowest BCUT2D eigenvalue weighted by atomic mass is 9.99. The number of aryl methyl sites for hydroxylation is 1. The molecule has 2 nitrogen and oxygen atoms in total.